The molecule has 0 aliphatic rings. The van der Waals surface area contributed by atoms with Gasteiger partial charge in [0.2, 0.25) is 0 Å². The minimum absolute atomic E-state index is 0.149. The highest BCUT2D eigenvalue weighted by Gasteiger charge is 2.13. The summed E-state index contributed by atoms with van der Waals surface area (Å²) >= 11 is 0. The minimum Gasteiger partial charge on any atom is -0.493 e. The Morgan fingerprint density at radius 3 is 2.21 bits per heavy atom. The number of ether oxygens (including phenoxy) is 2. The van der Waals surface area contributed by atoms with Crippen LogP contribution in [-0.4, -0.2) is 25.1 Å². The molecule has 19 heavy (non-hydrogen) atoms. The first-order chi connectivity index (χ1) is 9.15. The third-order valence-corrected chi connectivity index (χ3v) is 3.09. The number of aromatic nitrogens is 1. The number of carbonyl (C=O) groups excluding carboxylic acids is 1. The standard InChI is InChI=1S/C14H15NO4/c1-4-15-7-9(8-16)10-5-12(18-2)13(19-3)6-11(10)14(15)17/h5-8H,4H2,1-3H3. The zero-order valence-corrected chi connectivity index (χ0v) is 11.1. The quantitative estimate of drug-likeness (QED) is 0.788. The maximum atomic E-state index is 12.2. The van der Waals surface area contributed by atoms with Gasteiger partial charge in [0, 0.05) is 23.7 Å². The predicted octanol–water partition coefficient (Wildman–Crippen LogP) is 1.85. The molecule has 0 saturated carbocycles. The number of hydrogen-bond donors (Lipinski definition) is 0. The molecule has 5 nitrogen and oxygen atoms in total. The number of hydrogen-bond acceptors (Lipinski definition) is 4. The Morgan fingerprint density at radius 1 is 1.16 bits per heavy atom. The van der Waals surface area contributed by atoms with Crippen LogP contribution >= 0.6 is 0 Å². The van der Waals surface area contributed by atoms with E-state index in [1.54, 1.807) is 18.3 Å². The fraction of sp³-hybridized carbons (Fsp3) is 0.286. The van der Waals surface area contributed by atoms with Gasteiger partial charge >= 0.3 is 0 Å². The monoisotopic (exact) mass is 261 g/mol. The maximum absolute atomic E-state index is 12.2. The van der Waals surface area contributed by atoms with Crippen molar-refractivity contribution in [2.45, 2.75) is 13.5 Å². The van der Waals surface area contributed by atoms with Gasteiger partial charge in [-0.05, 0) is 19.1 Å². The summed E-state index contributed by atoms with van der Waals surface area (Å²) in [7, 11) is 3.02. The van der Waals surface area contributed by atoms with Crippen molar-refractivity contribution < 1.29 is 14.3 Å². The van der Waals surface area contributed by atoms with Crippen molar-refractivity contribution in [1.29, 1.82) is 0 Å². The van der Waals surface area contributed by atoms with Gasteiger partial charge in [-0.3, -0.25) is 9.59 Å². The van der Waals surface area contributed by atoms with E-state index in [0.29, 0.717) is 34.4 Å². The molecule has 0 unspecified atom stereocenters. The molecule has 2 rings (SSSR count). The Hall–Kier alpha value is -2.30. The molecule has 0 spiro atoms. The van der Waals surface area contributed by atoms with Gasteiger partial charge in [-0.15, -0.1) is 0 Å². The molecule has 0 aliphatic carbocycles. The molecule has 0 aliphatic heterocycles. The molecule has 0 amide bonds. The molecule has 0 bridgehead atoms. The molecule has 1 aromatic carbocycles. The molecule has 0 fully saturated rings. The molecule has 1 aromatic heterocycles. The number of aldehydes is 1. The second-order valence-electron chi connectivity index (χ2n) is 4.05. The van der Waals surface area contributed by atoms with Gasteiger partial charge in [-0.25, -0.2) is 0 Å². The van der Waals surface area contributed by atoms with Crippen LogP contribution in [0.5, 0.6) is 11.5 Å². The van der Waals surface area contributed by atoms with E-state index >= 15 is 0 Å². The summed E-state index contributed by atoms with van der Waals surface area (Å²) in [5.74, 6) is 0.963. The first-order valence-corrected chi connectivity index (χ1v) is 5.90. The van der Waals surface area contributed by atoms with Gasteiger partial charge in [-0.1, -0.05) is 0 Å². The smallest absolute Gasteiger partial charge is 0.258 e. The van der Waals surface area contributed by atoms with Crippen LogP contribution in [0, 0.1) is 0 Å². The summed E-state index contributed by atoms with van der Waals surface area (Å²) in [5, 5.41) is 1.02. The zero-order chi connectivity index (χ0) is 14.0. The van der Waals surface area contributed by atoms with Gasteiger partial charge in [0.05, 0.1) is 19.6 Å². The van der Waals surface area contributed by atoms with Crippen molar-refractivity contribution in [2.75, 3.05) is 14.2 Å². The van der Waals surface area contributed by atoms with Gasteiger partial charge in [0.15, 0.2) is 17.8 Å². The highest BCUT2D eigenvalue weighted by Crippen LogP contribution is 2.31. The lowest BCUT2D eigenvalue weighted by Gasteiger charge is -2.12. The SMILES string of the molecule is CCn1cc(C=O)c2cc(OC)c(OC)cc2c1=O. The average molecular weight is 261 g/mol. The van der Waals surface area contributed by atoms with Gasteiger partial charge in [0.1, 0.15) is 0 Å². The topological polar surface area (TPSA) is 57.5 Å². The Bertz CT molecular complexity index is 688. The van der Waals surface area contributed by atoms with Crippen LogP contribution in [-0.2, 0) is 6.54 Å². The third kappa shape index (κ3) is 2.07. The maximum Gasteiger partial charge on any atom is 0.258 e. The highest BCUT2D eigenvalue weighted by atomic mass is 16.5. The molecule has 1 heterocycles. The third-order valence-electron chi connectivity index (χ3n) is 3.09. The lowest BCUT2D eigenvalue weighted by molar-refractivity contribution is 0.112. The fourth-order valence-corrected chi connectivity index (χ4v) is 2.07. The average Bonchev–Trinajstić information content (AvgIpc) is 2.46. The number of rotatable bonds is 4. The summed E-state index contributed by atoms with van der Waals surface area (Å²) in [6.07, 6.45) is 2.30. The number of fused-ring (bicyclic) bond motifs is 1. The zero-order valence-electron chi connectivity index (χ0n) is 11.1. The number of carbonyl (C=O) groups is 1. The number of methoxy groups -OCH3 is 2. The predicted molar refractivity (Wildman–Crippen MR) is 72.4 cm³/mol. The normalized spacial score (nSPS) is 10.5. The number of nitrogens with zero attached hydrogens (tertiary/aromatic N) is 1. The summed E-state index contributed by atoms with van der Waals surface area (Å²) < 4.78 is 11.9. The molecular formula is C14H15NO4. The molecule has 100 valence electrons. The summed E-state index contributed by atoms with van der Waals surface area (Å²) in [6, 6.07) is 3.26. The van der Waals surface area contributed by atoms with E-state index in [9.17, 15) is 9.59 Å². The number of benzene rings is 1. The molecule has 2 aromatic rings. The van der Waals surface area contributed by atoms with Crippen LogP contribution in [0.3, 0.4) is 0 Å². The minimum atomic E-state index is -0.149. The summed E-state index contributed by atoms with van der Waals surface area (Å²) in [5.41, 5.74) is 0.307. The van der Waals surface area contributed by atoms with Crippen LogP contribution in [0.1, 0.15) is 17.3 Å². The van der Waals surface area contributed by atoms with Crippen LogP contribution in [0.25, 0.3) is 10.8 Å². The highest BCUT2D eigenvalue weighted by molar-refractivity contribution is 5.98. The first-order valence-electron chi connectivity index (χ1n) is 5.90. The lowest BCUT2D eigenvalue weighted by atomic mass is 10.1. The molecular weight excluding hydrogens is 246 g/mol. The van der Waals surface area contributed by atoms with Gasteiger partial charge in [-0.2, -0.15) is 0 Å². The molecule has 0 N–H and O–H groups in total. The fourth-order valence-electron chi connectivity index (χ4n) is 2.07. The molecule has 0 radical (unpaired) electrons. The molecule has 0 saturated heterocycles. The van der Waals surface area contributed by atoms with Crippen molar-refractivity contribution >= 4 is 17.1 Å². The van der Waals surface area contributed by atoms with Crippen molar-refractivity contribution in [3.63, 3.8) is 0 Å². The Kier molecular flexibility index (Phi) is 3.55. The van der Waals surface area contributed by atoms with Crippen LogP contribution in [0.4, 0.5) is 0 Å². The van der Waals surface area contributed by atoms with E-state index in [4.69, 9.17) is 9.47 Å². The Morgan fingerprint density at radius 2 is 1.74 bits per heavy atom. The van der Waals surface area contributed by atoms with Gasteiger partial charge < -0.3 is 14.0 Å². The first kappa shape index (κ1) is 13.1. The van der Waals surface area contributed by atoms with Crippen LogP contribution in [0.15, 0.2) is 23.1 Å². The number of pyridine rings is 1. The Balaban J connectivity index is 2.93. The van der Waals surface area contributed by atoms with Crippen LogP contribution < -0.4 is 15.0 Å². The molecule has 0 atom stereocenters. The Labute approximate surface area is 110 Å². The number of aryl methyl sites for hydroxylation is 1. The van der Waals surface area contributed by atoms with E-state index in [1.165, 1.54) is 18.8 Å². The van der Waals surface area contributed by atoms with Crippen molar-refractivity contribution in [3.8, 4) is 11.5 Å². The van der Waals surface area contributed by atoms with Crippen molar-refractivity contribution in [3.05, 3.63) is 34.2 Å². The molecule has 5 heteroatoms. The summed E-state index contributed by atoms with van der Waals surface area (Å²) in [4.78, 5) is 23.4. The van der Waals surface area contributed by atoms with Crippen LogP contribution in [0.2, 0.25) is 0 Å². The summed E-state index contributed by atoms with van der Waals surface area (Å²) in [6.45, 7) is 2.35. The van der Waals surface area contributed by atoms with E-state index in [2.05, 4.69) is 0 Å². The second-order valence-corrected chi connectivity index (χ2v) is 4.05. The van der Waals surface area contributed by atoms with E-state index in [-0.39, 0.29) is 5.56 Å². The second kappa shape index (κ2) is 5.14. The van der Waals surface area contributed by atoms with Crippen molar-refractivity contribution in [1.82, 2.24) is 4.57 Å². The van der Waals surface area contributed by atoms with E-state index in [1.807, 2.05) is 6.92 Å². The largest absolute Gasteiger partial charge is 0.493 e. The van der Waals surface area contributed by atoms with E-state index in [0.717, 1.165) is 6.29 Å². The van der Waals surface area contributed by atoms with Gasteiger partial charge in [0.25, 0.3) is 5.56 Å². The van der Waals surface area contributed by atoms with E-state index < -0.39 is 0 Å². The van der Waals surface area contributed by atoms with Crippen molar-refractivity contribution in [2.24, 2.45) is 0 Å². The lowest BCUT2D eigenvalue weighted by Crippen LogP contribution is -2.20.